The molecule has 7 heteroatoms. The molecule has 1 aromatic carbocycles. The van der Waals surface area contributed by atoms with Crippen molar-refractivity contribution in [2.24, 2.45) is 5.92 Å². The predicted molar refractivity (Wildman–Crippen MR) is 111 cm³/mol. The molecule has 0 aliphatic carbocycles. The van der Waals surface area contributed by atoms with Crippen LogP contribution in [0.2, 0.25) is 0 Å². The van der Waals surface area contributed by atoms with Gasteiger partial charge in [-0.15, -0.1) is 0 Å². The van der Waals surface area contributed by atoms with Gasteiger partial charge in [-0.1, -0.05) is 18.2 Å². The highest BCUT2D eigenvalue weighted by Crippen LogP contribution is 2.37. The standard InChI is InChI=1S/C23H33FN2O4/c1-5-28-14-15-29-23(17-25,19-8-6-7-9-20(19)24)16-18-10-12-26(13-11-18)21(27)30-22(2,3)4/h6-9,18H,5,10-16H2,1-4H3. The van der Waals surface area contributed by atoms with Crippen molar-refractivity contribution in [1.82, 2.24) is 4.90 Å². The summed E-state index contributed by atoms with van der Waals surface area (Å²) in [4.78, 5) is 14.0. The summed E-state index contributed by atoms with van der Waals surface area (Å²) < 4.78 is 31.3. The number of carbonyl (C=O) groups excluding carboxylic acids is 1. The molecule has 2 rings (SSSR count). The number of hydrogen-bond acceptors (Lipinski definition) is 5. The molecule has 0 spiro atoms. The number of halogens is 1. The number of amides is 1. The maximum atomic E-state index is 14.6. The monoisotopic (exact) mass is 420 g/mol. The second-order valence-electron chi connectivity index (χ2n) is 8.58. The Labute approximate surface area is 178 Å². The van der Waals surface area contributed by atoms with Gasteiger partial charge in [-0.3, -0.25) is 0 Å². The molecular weight excluding hydrogens is 387 g/mol. The van der Waals surface area contributed by atoms with E-state index in [1.54, 1.807) is 23.1 Å². The van der Waals surface area contributed by atoms with Gasteiger partial charge in [0.1, 0.15) is 17.5 Å². The molecular formula is C23H33FN2O4. The molecule has 1 saturated heterocycles. The summed E-state index contributed by atoms with van der Waals surface area (Å²) in [5.74, 6) is -0.336. The molecule has 1 unspecified atom stereocenters. The minimum atomic E-state index is -1.39. The van der Waals surface area contributed by atoms with Crippen LogP contribution in [-0.2, 0) is 19.8 Å². The second kappa shape index (κ2) is 10.7. The molecule has 1 aromatic rings. The molecule has 1 fully saturated rings. The number of hydrogen-bond donors (Lipinski definition) is 0. The summed E-state index contributed by atoms with van der Waals surface area (Å²) in [5.41, 5.74) is -1.68. The number of ether oxygens (including phenoxy) is 3. The lowest BCUT2D eigenvalue weighted by Crippen LogP contribution is -2.43. The van der Waals surface area contributed by atoms with Crippen LogP contribution in [0.15, 0.2) is 24.3 Å². The fraction of sp³-hybridized carbons (Fsp3) is 0.652. The summed E-state index contributed by atoms with van der Waals surface area (Å²) in [7, 11) is 0. The number of nitriles is 1. The molecule has 0 bridgehead atoms. The van der Waals surface area contributed by atoms with Gasteiger partial charge in [0.15, 0.2) is 5.60 Å². The van der Waals surface area contributed by atoms with Crippen LogP contribution in [0.1, 0.15) is 52.5 Å². The van der Waals surface area contributed by atoms with E-state index in [0.29, 0.717) is 45.6 Å². The Hall–Kier alpha value is -2.17. The van der Waals surface area contributed by atoms with Crippen LogP contribution in [0.3, 0.4) is 0 Å². The first-order chi connectivity index (χ1) is 14.2. The molecule has 0 N–H and O–H groups in total. The van der Waals surface area contributed by atoms with Crippen molar-refractivity contribution < 1.29 is 23.4 Å². The molecule has 166 valence electrons. The zero-order valence-corrected chi connectivity index (χ0v) is 18.4. The Morgan fingerprint density at radius 1 is 1.23 bits per heavy atom. The normalized spacial score (nSPS) is 17.3. The van der Waals surface area contributed by atoms with Crippen LogP contribution in [-0.4, -0.2) is 49.5 Å². The van der Waals surface area contributed by atoms with Gasteiger partial charge >= 0.3 is 6.09 Å². The highest BCUT2D eigenvalue weighted by molar-refractivity contribution is 5.68. The van der Waals surface area contributed by atoms with E-state index in [2.05, 4.69) is 6.07 Å². The van der Waals surface area contributed by atoms with Gasteiger partial charge in [-0.2, -0.15) is 5.26 Å². The molecule has 0 aromatic heterocycles. The van der Waals surface area contributed by atoms with E-state index in [-0.39, 0.29) is 24.2 Å². The molecule has 1 aliphatic rings. The molecule has 6 nitrogen and oxygen atoms in total. The van der Waals surface area contributed by atoms with Gasteiger partial charge < -0.3 is 19.1 Å². The molecule has 1 amide bonds. The van der Waals surface area contributed by atoms with Crippen molar-refractivity contribution >= 4 is 6.09 Å². The third-order valence-corrected chi connectivity index (χ3v) is 5.11. The highest BCUT2D eigenvalue weighted by atomic mass is 19.1. The Morgan fingerprint density at radius 2 is 1.90 bits per heavy atom. The lowest BCUT2D eigenvalue weighted by atomic mass is 9.81. The van der Waals surface area contributed by atoms with Crippen LogP contribution in [0.5, 0.6) is 0 Å². The predicted octanol–water partition coefficient (Wildman–Crippen LogP) is 4.63. The van der Waals surface area contributed by atoms with Gasteiger partial charge in [0.25, 0.3) is 0 Å². The topological polar surface area (TPSA) is 71.8 Å². The Morgan fingerprint density at radius 3 is 2.47 bits per heavy atom. The van der Waals surface area contributed by atoms with Crippen molar-refractivity contribution in [3.63, 3.8) is 0 Å². The third kappa shape index (κ3) is 6.68. The quantitative estimate of drug-likeness (QED) is 0.573. The van der Waals surface area contributed by atoms with E-state index in [4.69, 9.17) is 14.2 Å². The van der Waals surface area contributed by atoms with E-state index in [0.717, 1.165) is 0 Å². The van der Waals surface area contributed by atoms with Crippen LogP contribution in [0.4, 0.5) is 9.18 Å². The number of piperidine rings is 1. The summed E-state index contributed by atoms with van der Waals surface area (Å²) >= 11 is 0. The zero-order valence-electron chi connectivity index (χ0n) is 18.4. The van der Waals surface area contributed by atoms with E-state index in [1.807, 2.05) is 27.7 Å². The van der Waals surface area contributed by atoms with Crippen molar-refractivity contribution in [3.8, 4) is 6.07 Å². The number of likely N-dealkylation sites (tertiary alicyclic amines) is 1. The number of benzene rings is 1. The fourth-order valence-electron chi connectivity index (χ4n) is 3.65. The minimum absolute atomic E-state index is 0.120. The van der Waals surface area contributed by atoms with E-state index in [1.165, 1.54) is 6.07 Å². The molecule has 0 radical (unpaired) electrons. The molecule has 1 atom stereocenters. The van der Waals surface area contributed by atoms with Crippen LogP contribution >= 0.6 is 0 Å². The van der Waals surface area contributed by atoms with Crippen molar-refractivity contribution in [2.75, 3.05) is 32.9 Å². The maximum Gasteiger partial charge on any atom is 0.410 e. The van der Waals surface area contributed by atoms with Gasteiger partial charge in [0.2, 0.25) is 0 Å². The second-order valence-corrected chi connectivity index (χ2v) is 8.58. The summed E-state index contributed by atoms with van der Waals surface area (Å²) in [5, 5.41) is 10.0. The minimum Gasteiger partial charge on any atom is -0.444 e. The molecule has 30 heavy (non-hydrogen) atoms. The first kappa shape index (κ1) is 24.1. The van der Waals surface area contributed by atoms with E-state index >= 15 is 0 Å². The van der Waals surface area contributed by atoms with E-state index < -0.39 is 17.0 Å². The Bertz CT molecular complexity index is 735. The van der Waals surface area contributed by atoms with Crippen LogP contribution in [0.25, 0.3) is 0 Å². The first-order valence-electron chi connectivity index (χ1n) is 10.6. The largest absolute Gasteiger partial charge is 0.444 e. The number of rotatable bonds is 8. The van der Waals surface area contributed by atoms with Gasteiger partial charge in [-0.05, 0) is 58.9 Å². The number of nitrogens with zero attached hydrogens (tertiary/aromatic N) is 2. The van der Waals surface area contributed by atoms with Gasteiger partial charge in [-0.25, -0.2) is 9.18 Å². The lowest BCUT2D eigenvalue weighted by Gasteiger charge is -2.37. The van der Waals surface area contributed by atoms with Crippen molar-refractivity contribution in [3.05, 3.63) is 35.6 Å². The molecule has 1 heterocycles. The average Bonchev–Trinajstić information content (AvgIpc) is 2.70. The number of carbonyl (C=O) groups is 1. The zero-order chi connectivity index (χ0) is 22.2. The third-order valence-electron chi connectivity index (χ3n) is 5.11. The summed E-state index contributed by atoms with van der Waals surface area (Å²) in [6, 6.07) is 8.50. The summed E-state index contributed by atoms with van der Waals surface area (Å²) in [6.07, 6.45) is 1.44. The first-order valence-corrected chi connectivity index (χ1v) is 10.6. The van der Waals surface area contributed by atoms with Gasteiger partial charge in [0.05, 0.1) is 13.2 Å². The van der Waals surface area contributed by atoms with Crippen LogP contribution < -0.4 is 0 Å². The molecule has 1 aliphatic heterocycles. The lowest BCUT2D eigenvalue weighted by molar-refractivity contribution is -0.0552. The SMILES string of the molecule is CCOCCOC(C#N)(CC1CCN(C(=O)OC(C)(C)C)CC1)c1ccccc1F. The summed E-state index contributed by atoms with van der Waals surface area (Å²) in [6.45, 7) is 9.57. The van der Waals surface area contributed by atoms with Crippen molar-refractivity contribution in [2.45, 2.75) is 58.2 Å². The van der Waals surface area contributed by atoms with Gasteiger partial charge in [0, 0.05) is 25.3 Å². The van der Waals surface area contributed by atoms with Crippen molar-refractivity contribution in [1.29, 1.82) is 5.26 Å². The Balaban J connectivity index is 2.09. The highest BCUT2D eigenvalue weighted by Gasteiger charge is 2.40. The maximum absolute atomic E-state index is 14.6. The molecule has 0 saturated carbocycles. The smallest absolute Gasteiger partial charge is 0.410 e. The Kier molecular flexibility index (Phi) is 8.63. The fourth-order valence-corrected chi connectivity index (χ4v) is 3.65. The average molecular weight is 421 g/mol. The van der Waals surface area contributed by atoms with E-state index in [9.17, 15) is 14.4 Å². The van der Waals surface area contributed by atoms with Crippen LogP contribution in [0, 0.1) is 23.1 Å².